The van der Waals surface area contributed by atoms with Crippen LogP contribution < -0.4 is 0 Å². The molecule has 0 aliphatic heterocycles. The van der Waals surface area contributed by atoms with Gasteiger partial charge in [-0.25, -0.2) is 15.0 Å². The van der Waals surface area contributed by atoms with Crippen LogP contribution in [0.25, 0.3) is 83.6 Å². The molecule has 3 aromatic heterocycles. The summed E-state index contributed by atoms with van der Waals surface area (Å²) in [5, 5.41) is 13.7. The van der Waals surface area contributed by atoms with Gasteiger partial charge in [-0.1, -0.05) is 66.7 Å². The number of para-hydroxylation sites is 2. The first-order valence-electron chi connectivity index (χ1n) is 15.0. The minimum absolute atomic E-state index is 0.551. The third-order valence-corrected chi connectivity index (χ3v) is 8.50. The van der Waals surface area contributed by atoms with E-state index in [1.807, 2.05) is 54.6 Å². The predicted octanol–water partition coefficient (Wildman–Crippen LogP) is 9.74. The molecule has 0 fully saturated rings. The third-order valence-electron chi connectivity index (χ3n) is 8.50. The molecule has 0 unspecified atom stereocenters. The lowest BCUT2D eigenvalue weighted by Crippen LogP contribution is -2.00. The summed E-state index contributed by atoms with van der Waals surface area (Å²) in [6.45, 7) is 0. The summed E-state index contributed by atoms with van der Waals surface area (Å²) < 4.78 is 8.74. The molecule has 0 radical (unpaired) electrons. The molecule has 9 rings (SSSR count). The number of benzene rings is 6. The molecule has 0 N–H and O–H groups in total. The highest BCUT2D eigenvalue weighted by molar-refractivity contribution is 6.23. The minimum atomic E-state index is 0.551. The normalized spacial score (nSPS) is 11.5. The van der Waals surface area contributed by atoms with Crippen LogP contribution in [0, 0.1) is 11.3 Å². The van der Waals surface area contributed by atoms with E-state index in [1.165, 1.54) is 0 Å². The van der Waals surface area contributed by atoms with Gasteiger partial charge in [0.05, 0.1) is 28.1 Å². The molecule has 9 aromatic rings. The first-order chi connectivity index (χ1) is 22.7. The Labute approximate surface area is 263 Å². The Morgan fingerprint density at radius 3 is 1.78 bits per heavy atom. The van der Waals surface area contributed by atoms with Crippen LogP contribution in [0.1, 0.15) is 5.56 Å². The first kappa shape index (κ1) is 25.9. The van der Waals surface area contributed by atoms with E-state index >= 15 is 0 Å². The van der Waals surface area contributed by atoms with Crippen molar-refractivity contribution in [2.45, 2.75) is 0 Å². The van der Waals surface area contributed by atoms with E-state index < -0.39 is 0 Å². The fourth-order valence-electron chi connectivity index (χ4n) is 6.32. The van der Waals surface area contributed by atoms with Gasteiger partial charge in [-0.2, -0.15) is 5.26 Å². The second-order valence-corrected chi connectivity index (χ2v) is 11.2. The maximum Gasteiger partial charge on any atom is 0.164 e. The van der Waals surface area contributed by atoms with E-state index in [1.54, 1.807) is 12.1 Å². The van der Waals surface area contributed by atoms with Crippen molar-refractivity contribution >= 4 is 43.7 Å². The van der Waals surface area contributed by atoms with Crippen molar-refractivity contribution in [2.24, 2.45) is 0 Å². The van der Waals surface area contributed by atoms with Crippen LogP contribution in [0.15, 0.2) is 144 Å². The van der Waals surface area contributed by atoms with Crippen LogP contribution in [0.5, 0.6) is 0 Å². The standard InChI is InChI=1S/C40H23N5O/c41-24-25-14-16-27(17-15-25)39-42-38(26-8-2-1-3-9-26)43-40(44-39)28-18-20-29(21-19-28)45-33-12-6-4-11-32(33)36-34(45)23-22-31-30-10-5-7-13-35(30)46-37(31)36/h1-23H. The summed E-state index contributed by atoms with van der Waals surface area (Å²) in [7, 11) is 0. The monoisotopic (exact) mass is 589 g/mol. The third kappa shape index (κ3) is 4.07. The molecule has 0 aliphatic rings. The molecule has 6 aromatic carbocycles. The largest absolute Gasteiger partial charge is 0.455 e. The van der Waals surface area contributed by atoms with Gasteiger partial charge in [0, 0.05) is 38.5 Å². The molecule has 0 amide bonds. The maximum atomic E-state index is 9.27. The van der Waals surface area contributed by atoms with Gasteiger partial charge in [0.25, 0.3) is 0 Å². The van der Waals surface area contributed by atoms with Gasteiger partial charge in [0.15, 0.2) is 17.5 Å². The fraction of sp³-hybridized carbons (Fsp3) is 0. The number of fused-ring (bicyclic) bond motifs is 7. The molecule has 3 heterocycles. The van der Waals surface area contributed by atoms with Crippen LogP contribution in [0.4, 0.5) is 0 Å². The number of hydrogen-bond acceptors (Lipinski definition) is 5. The molecule has 0 aliphatic carbocycles. The lowest BCUT2D eigenvalue weighted by Gasteiger charge is -2.11. The van der Waals surface area contributed by atoms with Crippen LogP contribution in [0.3, 0.4) is 0 Å². The number of furan rings is 1. The Hall–Kier alpha value is -6.58. The van der Waals surface area contributed by atoms with Crippen molar-refractivity contribution in [3.63, 3.8) is 0 Å². The molecule has 0 saturated carbocycles. The summed E-state index contributed by atoms with van der Waals surface area (Å²) in [5.74, 6) is 1.71. The Morgan fingerprint density at radius 1 is 0.500 bits per heavy atom. The highest BCUT2D eigenvalue weighted by Crippen LogP contribution is 2.40. The van der Waals surface area contributed by atoms with Crippen molar-refractivity contribution in [2.75, 3.05) is 0 Å². The average molecular weight is 590 g/mol. The van der Waals surface area contributed by atoms with E-state index in [9.17, 15) is 5.26 Å². The van der Waals surface area contributed by atoms with Crippen molar-refractivity contribution in [3.8, 4) is 45.9 Å². The summed E-state index contributed by atoms with van der Waals surface area (Å²) in [4.78, 5) is 14.6. The molecule has 0 spiro atoms. The zero-order valence-corrected chi connectivity index (χ0v) is 24.4. The summed E-state index contributed by atoms with van der Waals surface area (Å²) in [6, 6.07) is 48.7. The van der Waals surface area contributed by atoms with Crippen LogP contribution >= 0.6 is 0 Å². The highest BCUT2D eigenvalue weighted by atomic mass is 16.3. The second kappa shape index (κ2) is 10.3. The lowest BCUT2D eigenvalue weighted by atomic mass is 10.1. The zero-order chi connectivity index (χ0) is 30.6. The Morgan fingerprint density at radius 2 is 1.09 bits per heavy atom. The molecular weight excluding hydrogens is 566 g/mol. The zero-order valence-electron chi connectivity index (χ0n) is 24.4. The Balaban J connectivity index is 1.20. The van der Waals surface area contributed by atoms with Gasteiger partial charge < -0.3 is 8.98 Å². The van der Waals surface area contributed by atoms with Crippen molar-refractivity contribution in [1.29, 1.82) is 5.26 Å². The number of rotatable bonds is 4. The van der Waals surface area contributed by atoms with Gasteiger partial charge in [-0.3, -0.25) is 0 Å². The first-order valence-corrected chi connectivity index (χ1v) is 15.0. The van der Waals surface area contributed by atoms with Gasteiger partial charge in [-0.15, -0.1) is 0 Å². The molecule has 6 nitrogen and oxygen atoms in total. The Kier molecular flexibility index (Phi) is 5.77. The van der Waals surface area contributed by atoms with Crippen LogP contribution in [-0.2, 0) is 0 Å². The molecule has 46 heavy (non-hydrogen) atoms. The van der Waals surface area contributed by atoms with E-state index in [0.29, 0.717) is 23.0 Å². The fourth-order valence-corrected chi connectivity index (χ4v) is 6.32. The van der Waals surface area contributed by atoms with Crippen LogP contribution in [-0.4, -0.2) is 19.5 Å². The SMILES string of the molecule is N#Cc1ccc(-c2nc(-c3ccccc3)nc(-c3ccc(-n4c5ccccc5c5c6oc7ccccc7c6ccc54)cc3)n2)cc1. The molecule has 0 bridgehead atoms. The lowest BCUT2D eigenvalue weighted by molar-refractivity contribution is 0.673. The summed E-state index contributed by atoms with van der Waals surface area (Å²) in [5.41, 5.74) is 8.18. The van der Waals surface area contributed by atoms with Crippen molar-refractivity contribution in [1.82, 2.24) is 19.5 Å². The Bertz CT molecular complexity index is 2630. The van der Waals surface area contributed by atoms with E-state index in [2.05, 4.69) is 83.4 Å². The number of hydrogen-bond donors (Lipinski definition) is 0. The average Bonchev–Trinajstić information content (AvgIpc) is 3.68. The molecule has 214 valence electrons. The number of aromatic nitrogens is 4. The van der Waals surface area contributed by atoms with Gasteiger partial charge >= 0.3 is 0 Å². The van der Waals surface area contributed by atoms with Crippen LogP contribution in [0.2, 0.25) is 0 Å². The highest BCUT2D eigenvalue weighted by Gasteiger charge is 2.19. The summed E-state index contributed by atoms with van der Waals surface area (Å²) >= 11 is 0. The molecule has 6 heteroatoms. The van der Waals surface area contributed by atoms with Gasteiger partial charge in [0.1, 0.15) is 11.2 Å². The summed E-state index contributed by atoms with van der Waals surface area (Å²) in [6.07, 6.45) is 0. The number of nitriles is 1. The minimum Gasteiger partial charge on any atom is -0.455 e. The molecular formula is C40H23N5O. The van der Waals surface area contributed by atoms with Crippen molar-refractivity contribution in [3.05, 3.63) is 145 Å². The maximum absolute atomic E-state index is 9.27. The second-order valence-electron chi connectivity index (χ2n) is 11.2. The van der Waals surface area contributed by atoms with Crippen molar-refractivity contribution < 1.29 is 4.42 Å². The topological polar surface area (TPSA) is 80.5 Å². The van der Waals surface area contributed by atoms with Gasteiger partial charge in [-0.05, 0) is 72.8 Å². The quantitative estimate of drug-likeness (QED) is 0.204. The molecule has 0 saturated heterocycles. The van der Waals surface area contributed by atoms with E-state index in [0.717, 1.165) is 66.1 Å². The van der Waals surface area contributed by atoms with E-state index in [-0.39, 0.29) is 0 Å². The van der Waals surface area contributed by atoms with Gasteiger partial charge in [0.2, 0.25) is 0 Å². The predicted molar refractivity (Wildman–Crippen MR) is 182 cm³/mol. The molecule has 0 atom stereocenters. The number of nitrogens with zero attached hydrogens (tertiary/aromatic N) is 5. The van der Waals surface area contributed by atoms with E-state index in [4.69, 9.17) is 19.4 Å². The smallest absolute Gasteiger partial charge is 0.164 e.